The Morgan fingerprint density at radius 3 is 2.44 bits per heavy atom. The SMILES string of the molecule is CC(=O)C1=C(CO)C(=O)c2cccc(O)c2C1=O. The van der Waals surface area contributed by atoms with E-state index in [9.17, 15) is 19.5 Å². The Hall–Kier alpha value is -2.27. The van der Waals surface area contributed by atoms with Crippen molar-refractivity contribution in [2.75, 3.05) is 6.61 Å². The molecule has 2 N–H and O–H groups in total. The predicted molar refractivity (Wildman–Crippen MR) is 61.6 cm³/mol. The first-order chi connectivity index (χ1) is 8.49. The van der Waals surface area contributed by atoms with Gasteiger partial charge in [-0.1, -0.05) is 12.1 Å². The van der Waals surface area contributed by atoms with Crippen molar-refractivity contribution in [3.8, 4) is 5.75 Å². The zero-order valence-corrected chi connectivity index (χ0v) is 9.56. The van der Waals surface area contributed by atoms with E-state index in [1.165, 1.54) is 18.2 Å². The van der Waals surface area contributed by atoms with Gasteiger partial charge in [-0.2, -0.15) is 0 Å². The molecule has 0 amide bonds. The van der Waals surface area contributed by atoms with Crippen LogP contribution in [-0.4, -0.2) is 34.2 Å². The third kappa shape index (κ3) is 1.56. The van der Waals surface area contributed by atoms with E-state index in [0.717, 1.165) is 6.92 Å². The molecule has 5 nitrogen and oxygen atoms in total. The Bertz CT molecular complexity index is 610. The van der Waals surface area contributed by atoms with Crippen molar-refractivity contribution in [2.24, 2.45) is 0 Å². The van der Waals surface area contributed by atoms with Crippen molar-refractivity contribution in [1.82, 2.24) is 0 Å². The highest BCUT2D eigenvalue weighted by Crippen LogP contribution is 2.32. The van der Waals surface area contributed by atoms with Gasteiger partial charge in [0.15, 0.2) is 11.6 Å². The van der Waals surface area contributed by atoms with Crippen LogP contribution >= 0.6 is 0 Å². The molecular weight excluding hydrogens is 236 g/mol. The fourth-order valence-corrected chi connectivity index (χ4v) is 2.03. The summed E-state index contributed by atoms with van der Waals surface area (Å²) in [4.78, 5) is 35.5. The number of ketones is 3. The predicted octanol–water partition coefficient (Wildman–Crippen LogP) is 0.649. The van der Waals surface area contributed by atoms with Crippen molar-refractivity contribution < 1.29 is 24.6 Å². The van der Waals surface area contributed by atoms with Crippen molar-refractivity contribution in [3.63, 3.8) is 0 Å². The van der Waals surface area contributed by atoms with E-state index >= 15 is 0 Å². The molecular formula is C13H10O5. The van der Waals surface area contributed by atoms with E-state index in [1.54, 1.807) is 0 Å². The topological polar surface area (TPSA) is 91.7 Å². The molecule has 0 fully saturated rings. The fraction of sp³-hybridized carbons (Fsp3) is 0.154. The maximum absolute atomic E-state index is 12.1. The summed E-state index contributed by atoms with van der Waals surface area (Å²) >= 11 is 0. The minimum absolute atomic E-state index is 0.00838. The smallest absolute Gasteiger partial charge is 0.201 e. The molecule has 5 heteroatoms. The molecule has 18 heavy (non-hydrogen) atoms. The lowest BCUT2D eigenvalue weighted by Gasteiger charge is -2.19. The number of hydrogen-bond acceptors (Lipinski definition) is 5. The molecule has 0 saturated heterocycles. The van der Waals surface area contributed by atoms with Gasteiger partial charge in [-0.15, -0.1) is 0 Å². The van der Waals surface area contributed by atoms with Crippen LogP contribution in [0, 0.1) is 0 Å². The van der Waals surface area contributed by atoms with Gasteiger partial charge in [0.05, 0.1) is 17.7 Å². The lowest BCUT2D eigenvalue weighted by molar-refractivity contribution is -0.113. The molecule has 0 heterocycles. The Morgan fingerprint density at radius 2 is 1.89 bits per heavy atom. The summed E-state index contributed by atoms with van der Waals surface area (Å²) in [6.07, 6.45) is 0. The van der Waals surface area contributed by atoms with Gasteiger partial charge in [0.2, 0.25) is 5.78 Å². The second-order valence-electron chi connectivity index (χ2n) is 3.93. The van der Waals surface area contributed by atoms with Crippen molar-refractivity contribution in [1.29, 1.82) is 0 Å². The van der Waals surface area contributed by atoms with Gasteiger partial charge >= 0.3 is 0 Å². The number of allylic oxidation sites excluding steroid dienone is 1. The van der Waals surface area contributed by atoms with Gasteiger partial charge < -0.3 is 10.2 Å². The molecule has 0 unspecified atom stereocenters. The number of aliphatic hydroxyl groups is 1. The van der Waals surface area contributed by atoms with Crippen LogP contribution in [0.3, 0.4) is 0 Å². The van der Waals surface area contributed by atoms with Crippen LogP contribution in [0.2, 0.25) is 0 Å². The summed E-state index contributed by atoms with van der Waals surface area (Å²) in [5.74, 6) is -2.28. The quantitative estimate of drug-likeness (QED) is 0.747. The van der Waals surface area contributed by atoms with E-state index in [-0.39, 0.29) is 28.0 Å². The molecule has 2 rings (SSSR count). The molecule has 0 aliphatic heterocycles. The lowest BCUT2D eigenvalue weighted by atomic mass is 9.82. The van der Waals surface area contributed by atoms with Crippen LogP contribution in [0.15, 0.2) is 29.3 Å². The Balaban J connectivity index is 2.79. The highest BCUT2D eigenvalue weighted by molar-refractivity contribution is 6.37. The number of fused-ring (bicyclic) bond motifs is 1. The van der Waals surface area contributed by atoms with Gasteiger partial charge in [0.1, 0.15) is 5.75 Å². The number of carbonyl (C=O) groups excluding carboxylic acids is 3. The number of Topliss-reactive ketones (excluding diaryl/α,β-unsaturated/α-hetero) is 3. The van der Waals surface area contributed by atoms with Gasteiger partial charge in [-0.25, -0.2) is 0 Å². The van der Waals surface area contributed by atoms with Crippen LogP contribution in [0.4, 0.5) is 0 Å². The molecule has 1 aromatic rings. The number of hydrogen-bond donors (Lipinski definition) is 2. The molecule has 0 atom stereocenters. The first kappa shape index (κ1) is 12.2. The summed E-state index contributed by atoms with van der Waals surface area (Å²) in [5, 5.41) is 18.8. The van der Waals surface area contributed by atoms with Gasteiger partial charge in [-0.05, 0) is 13.0 Å². The van der Waals surface area contributed by atoms with Gasteiger partial charge in [0.25, 0.3) is 0 Å². The molecule has 0 bridgehead atoms. The van der Waals surface area contributed by atoms with Crippen LogP contribution in [0.1, 0.15) is 27.6 Å². The minimum atomic E-state index is -0.723. The van der Waals surface area contributed by atoms with E-state index in [0.29, 0.717) is 0 Å². The summed E-state index contributed by atoms with van der Waals surface area (Å²) in [5.41, 5.74) is -0.735. The van der Waals surface area contributed by atoms with Crippen LogP contribution in [0.25, 0.3) is 0 Å². The fourth-order valence-electron chi connectivity index (χ4n) is 2.03. The molecule has 1 aromatic carbocycles. The number of benzene rings is 1. The molecule has 1 aliphatic carbocycles. The first-order valence-corrected chi connectivity index (χ1v) is 5.25. The monoisotopic (exact) mass is 246 g/mol. The third-order valence-electron chi connectivity index (χ3n) is 2.83. The molecule has 0 saturated carbocycles. The summed E-state index contributed by atoms with van der Waals surface area (Å²) < 4.78 is 0. The molecule has 0 spiro atoms. The lowest BCUT2D eigenvalue weighted by Crippen LogP contribution is -2.27. The summed E-state index contributed by atoms with van der Waals surface area (Å²) in [6, 6.07) is 4.07. The Morgan fingerprint density at radius 1 is 1.22 bits per heavy atom. The highest BCUT2D eigenvalue weighted by atomic mass is 16.3. The number of phenolic OH excluding ortho intramolecular Hbond substituents is 1. The maximum Gasteiger partial charge on any atom is 0.201 e. The Labute approximate surface area is 102 Å². The van der Waals surface area contributed by atoms with Crippen molar-refractivity contribution in [2.45, 2.75) is 6.92 Å². The normalized spacial score (nSPS) is 14.8. The largest absolute Gasteiger partial charge is 0.507 e. The average molecular weight is 246 g/mol. The highest BCUT2D eigenvalue weighted by Gasteiger charge is 2.35. The summed E-state index contributed by atoms with van der Waals surface area (Å²) in [6.45, 7) is 0.454. The van der Waals surface area contributed by atoms with Gasteiger partial charge in [-0.3, -0.25) is 14.4 Å². The Kier molecular flexibility index (Phi) is 2.84. The van der Waals surface area contributed by atoms with E-state index in [1.807, 2.05) is 0 Å². The standard InChI is InChI=1S/C13H10O5/c1-6(15)10-8(5-14)12(17)7-3-2-4-9(16)11(7)13(10)18/h2-4,14,16H,5H2,1H3. The molecule has 92 valence electrons. The number of phenols is 1. The zero-order chi connectivity index (χ0) is 13.4. The van der Waals surface area contributed by atoms with Crippen molar-refractivity contribution in [3.05, 3.63) is 40.5 Å². The van der Waals surface area contributed by atoms with E-state index in [2.05, 4.69) is 0 Å². The summed E-state index contributed by atoms with van der Waals surface area (Å²) in [7, 11) is 0. The van der Waals surface area contributed by atoms with E-state index in [4.69, 9.17) is 5.11 Å². The number of rotatable bonds is 2. The maximum atomic E-state index is 12.1. The van der Waals surface area contributed by atoms with Gasteiger partial charge in [0, 0.05) is 11.1 Å². The number of aliphatic hydroxyl groups excluding tert-OH is 1. The minimum Gasteiger partial charge on any atom is -0.507 e. The van der Waals surface area contributed by atoms with E-state index < -0.39 is 24.0 Å². The zero-order valence-electron chi connectivity index (χ0n) is 9.56. The number of aromatic hydroxyl groups is 1. The second kappa shape index (κ2) is 4.19. The van der Waals surface area contributed by atoms with Crippen LogP contribution < -0.4 is 0 Å². The molecule has 0 radical (unpaired) electrons. The molecule has 0 aromatic heterocycles. The third-order valence-corrected chi connectivity index (χ3v) is 2.83. The average Bonchev–Trinajstić information content (AvgIpc) is 2.32. The first-order valence-electron chi connectivity index (χ1n) is 5.25. The van der Waals surface area contributed by atoms with Crippen molar-refractivity contribution >= 4 is 17.3 Å². The number of carbonyl (C=O) groups is 3. The van der Waals surface area contributed by atoms with Crippen LogP contribution in [0.5, 0.6) is 5.75 Å². The molecule has 1 aliphatic rings. The van der Waals surface area contributed by atoms with Crippen LogP contribution in [-0.2, 0) is 4.79 Å². The second-order valence-corrected chi connectivity index (χ2v) is 3.93.